The Hall–Kier alpha value is -3.37. The maximum Gasteiger partial charge on any atom is 0.332 e. The van der Waals surface area contributed by atoms with Crippen molar-refractivity contribution in [2.75, 3.05) is 36.1 Å². The minimum atomic E-state index is -1.56. The van der Waals surface area contributed by atoms with Gasteiger partial charge in [0.2, 0.25) is 0 Å². The lowest BCUT2D eigenvalue weighted by Gasteiger charge is -2.37. The summed E-state index contributed by atoms with van der Waals surface area (Å²) >= 11 is 6.07. The molecule has 0 bridgehead atoms. The number of alkyl halides is 1. The van der Waals surface area contributed by atoms with Crippen molar-refractivity contribution in [1.82, 2.24) is 15.0 Å². The molecule has 0 amide bonds. The highest BCUT2D eigenvalue weighted by molar-refractivity contribution is 6.30. The largest absolute Gasteiger partial charge is 0.458 e. The first-order valence-corrected chi connectivity index (χ1v) is 12.6. The van der Waals surface area contributed by atoms with E-state index < -0.39 is 23.1 Å². The number of rotatable bonds is 8. The van der Waals surface area contributed by atoms with Crippen LogP contribution in [0.15, 0.2) is 55.0 Å². The van der Waals surface area contributed by atoms with E-state index in [1.54, 1.807) is 68.4 Å². The minimum absolute atomic E-state index is 0.188. The molecule has 0 atom stereocenters. The zero-order valence-electron chi connectivity index (χ0n) is 21.5. The Kier molecular flexibility index (Phi) is 8.42. The van der Waals surface area contributed by atoms with Crippen molar-refractivity contribution in [2.24, 2.45) is 0 Å². The first kappa shape index (κ1) is 27.7. The van der Waals surface area contributed by atoms with Crippen molar-refractivity contribution in [2.45, 2.75) is 44.9 Å². The van der Waals surface area contributed by atoms with Crippen LogP contribution < -0.4 is 9.80 Å². The quantitative estimate of drug-likeness (QED) is 0.328. The predicted molar refractivity (Wildman–Crippen MR) is 141 cm³/mol. The first-order valence-electron chi connectivity index (χ1n) is 12.2. The van der Waals surface area contributed by atoms with E-state index in [4.69, 9.17) is 26.1 Å². The van der Waals surface area contributed by atoms with Crippen LogP contribution in [0.2, 0.25) is 5.02 Å². The standard InChI is InChI=1S/C27H30ClF2N5O3/c1-26(2,3)38-25(36)17-37-18-27(30)10-12-34(13-11-27)23-15-31-16-24(33-23)35(21-7-4-19(28)5-8-21)22-9-6-20(29)14-32-22/h4-9,14-16H,10-13,17-18H2,1-3H3. The Labute approximate surface area is 225 Å². The van der Waals surface area contributed by atoms with Gasteiger partial charge in [-0.3, -0.25) is 9.88 Å². The zero-order chi connectivity index (χ0) is 27.3. The normalized spacial score (nSPS) is 15.3. The molecule has 0 aliphatic carbocycles. The zero-order valence-corrected chi connectivity index (χ0v) is 22.3. The summed E-state index contributed by atoms with van der Waals surface area (Å²) in [6.45, 7) is 5.59. The highest BCUT2D eigenvalue weighted by atomic mass is 35.5. The maximum absolute atomic E-state index is 15.4. The third-order valence-electron chi connectivity index (χ3n) is 5.85. The van der Waals surface area contributed by atoms with E-state index in [9.17, 15) is 9.18 Å². The number of hydrogen-bond donors (Lipinski definition) is 0. The number of carbonyl (C=O) groups is 1. The third-order valence-corrected chi connectivity index (χ3v) is 6.10. The molecule has 0 spiro atoms. The van der Waals surface area contributed by atoms with Crippen LogP contribution in [0.5, 0.6) is 0 Å². The van der Waals surface area contributed by atoms with E-state index >= 15 is 4.39 Å². The Morgan fingerprint density at radius 1 is 1.08 bits per heavy atom. The number of ether oxygens (including phenoxy) is 2. The summed E-state index contributed by atoms with van der Waals surface area (Å²) in [5.74, 6) is 0.500. The van der Waals surface area contributed by atoms with Crippen LogP contribution in [0.25, 0.3) is 0 Å². The molecule has 0 unspecified atom stereocenters. The molecule has 2 aromatic heterocycles. The van der Waals surface area contributed by atoms with Crippen molar-refractivity contribution >= 4 is 40.7 Å². The number of pyridine rings is 1. The highest BCUT2D eigenvalue weighted by Gasteiger charge is 2.36. The third kappa shape index (κ3) is 7.35. The van der Waals surface area contributed by atoms with Crippen molar-refractivity contribution in [3.63, 3.8) is 0 Å². The van der Waals surface area contributed by atoms with Gasteiger partial charge in [0, 0.05) is 36.6 Å². The van der Waals surface area contributed by atoms with E-state index in [1.165, 1.54) is 6.07 Å². The monoisotopic (exact) mass is 545 g/mol. The molecule has 3 heterocycles. The smallest absolute Gasteiger partial charge is 0.332 e. The van der Waals surface area contributed by atoms with Crippen molar-refractivity contribution in [3.8, 4) is 0 Å². The van der Waals surface area contributed by atoms with Crippen molar-refractivity contribution in [3.05, 3.63) is 65.8 Å². The van der Waals surface area contributed by atoms with E-state index in [-0.39, 0.29) is 26.1 Å². The van der Waals surface area contributed by atoms with Gasteiger partial charge in [-0.2, -0.15) is 0 Å². The number of benzene rings is 1. The Morgan fingerprint density at radius 2 is 1.79 bits per heavy atom. The molecule has 1 aliphatic rings. The van der Waals surface area contributed by atoms with Gasteiger partial charge in [0.1, 0.15) is 35.3 Å². The van der Waals surface area contributed by atoms with E-state index in [2.05, 4.69) is 9.97 Å². The number of anilines is 4. The number of aromatic nitrogens is 3. The molecule has 3 aromatic rings. The van der Waals surface area contributed by atoms with Crippen molar-refractivity contribution < 1.29 is 23.0 Å². The molecule has 0 radical (unpaired) electrons. The molecule has 202 valence electrons. The van der Waals surface area contributed by atoms with Gasteiger partial charge in [0.15, 0.2) is 5.82 Å². The fraction of sp³-hybridized carbons (Fsp3) is 0.407. The van der Waals surface area contributed by atoms with E-state index in [0.29, 0.717) is 41.3 Å². The predicted octanol–water partition coefficient (Wildman–Crippen LogP) is 5.80. The van der Waals surface area contributed by atoms with Crippen LogP contribution in [0.1, 0.15) is 33.6 Å². The molecule has 1 saturated heterocycles. The Morgan fingerprint density at radius 3 is 2.42 bits per heavy atom. The molecule has 4 rings (SSSR count). The summed E-state index contributed by atoms with van der Waals surface area (Å²) in [6, 6.07) is 9.95. The molecule has 0 saturated carbocycles. The van der Waals surface area contributed by atoms with E-state index in [0.717, 1.165) is 6.20 Å². The van der Waals surface area contributed by atoms with Crippen LogP contribution >= 0.6 is 11.6 Å². The van der Waals surface area contributed by atoms with Crippen molar-refractivity contribution in [1.29, 1.82) is 0 Å². The van der Waals surface area contributed by atoms with Gasteiger partial charge in [-0.05, 0) is 57.2 Å². The lowest BCUT2D eigenvalue weighted by molar-refractivity contribution is -0.161. The summed E-state index contributed by atoms with van der Waals surface area (Å²) in [7, 11) is 0. The number of piperidine rings is 1. The maximum atomic E-state index is 15.4. The summed E-state index contributed by atoms with van der Waals surface area (Å²) in [5, 5.41) is 0.568. The number of esters is 1. The Bertz CT molecular complexity index is 1190. The number of nitrogens with zero attached hydrogens (tertiary/aromatic N) is 5. The van der Waals surface area contributed by atoms with Crippen LogP contribution in [0.4, 0.5) is 31.9 Å². The lowest BCUT2D eigenvalue weighted by Crippen LogP contribution is -2.45. The molecular weight excluding hydrogens is 516 g/mol. The fourth-order valence-corrected chi connectivity index (χ4v) is 4.17. The molecule has 8 nitrogen and oxygen atoms in total. The van der Waals surface area contributed by atoms with Gasteiger partial charge in [-0.1, -0.05) is 11.6 Å². The molecular formula is C27H30ClF2N5O3. The second-order valence-corrected chi connectivity index (χ2v) is 10.5. The Balaban J connectivity index is 1.45. The number of carbonyl (C=O) groups excluding carboxylic acids is 1. The summed E-state index contributed by atoms with van der Waals surface area (Å²) < 4.78 is 39.5. The second-order valence-electron chi connectivity index (χ2n) is 10.1. The fourth-order valence-electron chi connectivity index (χ4n) is 4.05. The number of hydrogen-bond acceptors (Lipinski definition) is 8. The number of halogens is 3. The SMILES string of the molecule is CC(C)(C)OC(=O)COCC1(F)CCN(c2cncc(N(c3ccc(Cl)cc3)c3ccc(F)cn3)n2)CC1. The molecule has 1 aromatic carbocycles. The molecule has 1 aliphatic heterocycles. The van der Waals surface area contributed by atoms with Gasteiger partial charge in [-0.15, -0.1) is 0 Å². The average molecular weight is 546 g/mol. The van der Waals surface area contributed by atoms with Gasteiger partial charge in [-0.25, -0.2) is 23.5 Å². The average Bonchev–Trinajstić information content (AvgIpc) is 2.86. The summed E-state index contributed by atoms with van der Waals surface area (Å²) in [6.07, 6.45) is 4.73. The van der Waals surface area contributed by atoms with Crippen LogP contribution in [0.3, 0.4) is 0 Å². The van der Waals surface area contributed by atoms with Gasteiger partial charge >= 0.3 is 5.97 Å². The van der Waals surface area contributed by atoms with E-state index in [1.807, 2.05) is 4.90 Å². The summed E-state index contributed by atoms with van der Waals surface area (Å²) in [4.78, 5) is 28.9. The van der Waals surface area contributed by atoms with Crippen LogP contribution in [0, 0.1) is 5.82 Å². The molecule has 0 N–H and O–H groups in total. The summed E-state index contributed by atoms with van der Waals surface area (Å²) in [5.41, 5.74) is -1.47. The van der Waals surface area contributed by atoms with Gasteiger partial charge in [0.05, 0.1) is 25.2 Å². The molecule has 11 heteroatoms. The topological polar surface area (TPSA) is 80.7 Å². The lowest BCUT2D eigenvalue weighted by atomic mass is 9.94. The van der Waals surface area contributed by atoms with Crippen LogP contribution in [-0.4, -0.2) is 58.5 Å². The second kappa shape index (κ2) is 11.6. The highest BCUT2D eigenvalue weighted by Crippen LogP contribution is 2.34. The molecule has 38 heavy (non-hydrogen) atoms. The molecule has 1 fully saturated rings. The minimum Gasteiger partial charge on any atom is -0.458 e. The van der Waals surface area contributed by atoms with Gasteiger partial charge < -0.3 is 14.4 Å². The van der Waals surface area contributed by atoms with Crippen LogP contribution in [-0.2, 0) is 14.3 Å². The van der Waals surface area contributed by atoms with Gasteiger partial charge in [0.25, 0.3) is 0 Å². The first-order chi connectivity index (χ1) is 18.0.